The number of likely N-dealkylation sites (N-methyl/N-ethyl adjacent to an activating group) is 1. The number of allylic oxidation sites excluding steroid dienone is 1. The zero-order valence-corrected chi connectivity index (χ0v) is 12.2. The Bertz CT molecular complexity index is 252. The van der Waals surface area contributed by atoms with Crippen LogP contribution in [0.3, 0.4) is 0 Å². The van der Waals surface area contributed by atoms with Crippen molar-refractivity contribution in [2.24, 2.45) is 5.41 Å². The second-order valence-electron chi connectivity index (χ2n) is 6.03. The number of hydrogen-bond acceptors (Lipinski definition) is 2. The van der Waals surface area contributed by atoms with Crippen LogP contribution in [0, 0.1) is 5.41 Å². The maximum Gasteiger partial charge on any atom is 0.0814 e. The van der Waals surface area contributed by atoms with Crippen LogP contribution in [-0.4, -0.2) is 25.8 Å². The van der Waals surface area contributed by atoms with Crippen molar-refractivity contribution in [2.45, 2.75) is 65.5 Å². The molecule has 0 bridgehead atoms. The van der Waals surface area contributed by atoms with Gasteiger partial charge in [-0.05, 0) is 45.1 Å². The van der Waals surface area contributed by atoms with Gasteiger partial charge >= 0.3 is 0 Å². The maximum atomic E-state index is 6.01. The monoisotopic (exact) mass is 239 g/mol. The van der Waals surface area contributed by atoms with Gasteiger partial charge in [-0.15, -0.1) is 0 Å². The van der Waals surface area contributed by atoms with Crippen LogP contribution in [0.15, 0.2) is 11.6 Å². The largest absolute Gasteiger partial charge is 0.376 e. The SMILES string of the molecule is CCOC(C(NC)C1=CCCCC1)C(C)(C)C. The fourth-order valence-corrected chi connectivity index (χ4v) is 2.70. The first-order valence-corrected chi connectivity index (χ1v) is 6.98. The molecule has 17 heavy (non-hydrogen) atoms. The minimum atomic E-state index is 0.169. The number of ether oxygens (including phenoxy) is 1. The lowest BCUT2D eigenvalue weighted by Gasteiger charge is -2.38. The molecule has 0 aromatic heterocycles. The molecule has 2 atom stereocenters. The van der Waals surface area contributed by atoms with E-state index in [1.807, 2.05) is 0 Å². The highest BCUT2D eigenvalue weighted by Crippen LogP contribution is 2.31. The van der Waals surface area contributed by atoms with Crippen LogP contribution in [0.1, 0.15) is 53.4 Å². The van der Waals surface area contributed by atoms with E-state index in [0.29, 0.717) is 6.04 Å². The number of rotatable bonds is 5. The van der Waals surface area contributed by atoms with E-state index in [-0.39, 0.29) is 11.5 Å². The predicted octanol–water partition coefficient (Wildman–Crippen LogP) is 3.53. The fraction of sp³-hybridized carbons (Fsp3) is 0.867. The minimum absolute atomic E-state index is 0.169. The molecule has 0 heterocycles. The van der Waals surface area contributed by atoms with Crippen LogP contribution >= 0.6 is 0 Å². The summed E-state index contributed by atoms with van der Waals surface area (Å²) in [6, 6.07) is 0.371. The Hall–Kier alpha value is -0.340. The molecule has 0 saturated heterocycles. The van der Waals surface area contributed by atoms with Gasteiger partial charge in [-0.1, -0.05) is 32.4 Å². The average Bonchev–Trinajstić information content (AvgIpc) is 2.29. The van der Waals surface area contributed by atoms with Crippen molar-refractivity contribution < 1.29 is 4.74 Å². The van der Waals surface area contributed by atoms with Gasteiger partial charge in [-0.3, -0.25) is 0 Å². The second-order valence-corrected chi connectivity index (χ2v) is 6.03. The minimum Gasteiger partial charge on any atom is -0.376 e. The van der Waals surface area contributed by atoms with E-state index in [4.69, 9.17) is 4.74 Å². The van der Waals surface area contributed by atoms with Gasteiger partial charge in [0.05, 0.1) is 12.1 Å². The Labute approximate surface area is 107 Å². The highest BCUT2D eigenvalue weighted by Gasteiger charge is 2.34. The Balaban J connectivity index is 2.84. The third-order valence-electron chi connectivity index (χ3n) is 3.54. The highest BCUT2D eigenvalue weighted by molar-refractivity contribution is 5.16. The summed E-state index contributed by atoms with van der Waals surface area (Å²) < 4.78 is 6.01. The van der Waals surface area contributed by atoms with Crippen molar-refractivity contribution in [3.63, 3.8) is 0 Å². The summed E-state index contributed by atoms with van der Waals surface area (Å²) in [5, 5.41) is 3.47. The Morgan fingerprint density at radius 1 is 1.35 bits per heavy atom. The molecule has 1 aliphatic carbocycles. The lowest BCUT2D eigenvalue weighted by atomic mass is 9.79. The first-order valence-electron chi connectivity index (χ1n) is 6.98. The Morgan fingerprint density at radius 2 is 2.06 bits per heavy atom. The van der Waals surface area contributed by atoms with Crippen LogP contribution in [-0.2, 0) is 4.74 Å². The van der Waals surface area contributed by atoms with Crippen LogP contribution in [0.2, 0.25) is 0 Å². The predicted molar refractivity (Wildman–Crippen MR) is 74.3 cm³/mol. The summed E-state index contributed by atoms with van der Waals surface area (Å²) in [5.41, 5.74) is 1.72. The quantitative estimate of drug-likeness (QED) is 0.741. The van der Waals surface area contributed by atoms with Crippen molar-refractivity contribution in [1.29, 1.82) is 0 Å². The van der Waals surface area contributed by atoms with Crippen molar-refractivity contribution in [2.75, 3.05) is 13.7 Å². The lowest BCUT2D eigenvalue weighted by molar-refractivity contribution is -0.0273. The third-order valence-corrected chi connectivity index (χ3v) is 3.54. The molecule has 0 aromatic rings. The average molecular weight is 239 g/mol. The van der Waals surface area contributed by atoms with Gasteiger partial charge in [0.2, 0.25) is 0 Å². The molecule has 1 rings (SSSR count). The summed E-state index contributed by atoms with van der Waals surface area (Å²) in [6.07, 6.45) is 7.80. The molecule has 2 nitrogen and oxygen atoms in total. The fourth-order valence-electron chi connectivity index (χ4n) is 2.70. The summed E-state index contributed by atoms with van der Waals surface area (Å²) in [6.45, 7) is 9.66. The number of nitrogens with one attached hydrogen (secondary N) is 1. The van der Waals surface area contributed by atoms with Crippen LogP contribution in [0.4, 0.5) is 0 Å². The first kappa shape index (κ1) is 14.7. The van der Waals surface area contributed by atoms with E-state index >= 15 is 0 Å². The standard InChI is InChI=1S/C15H29NO/c1-6-17-14(15(2,3)4)13(16-5)12-10-8-7-9-11-12/h10,13-14,16H,6-9,11H2,1-5H3. The van der Waals surface area contributed by atoms with Crippen molar-refractivity contribution in [1.82, 2.24) is 5.32 Å². The van der Waals surface area contributed by atoms with Gasteiger partial charge < -0.3 is 10.1 Å². The van der Waals surface area contributed by atoms with Crippen molar-refractivity contribution >= 4 is 0 Å². The molecule has 0 spiro atoms. The molecule has 2 unspecified atom stereocenters. The van der Waals surface area contributed by atoms with E-state index in [0.717, 1.165) is 6.61 Å². The van der Waals surface area contributed by atoms with E-state index < -0.39 is 0 Å². The molecule has 100 valence electrons. The first-order chi connectivity index (χ1) is 8.00. The summed E-state index contributed by atoms with van der Waals surface area (Å²) in [4.78, 5) is 0. The van der Waals surface area contributed by atoms with Crippen LogP contribution < -0.4 is 5.32 Å². The topological polar surface area (TPSA) is 21.3 Å². The molecular formula is C15H29NO. The summed E-state index contributed by atoms with van der Waals surface area (Å²) >= 11 is 0. The van der Waals surface area contributed by atoms with Gasteiger partial charge in [0.1, 0.15) is 0 Å². The zero-order valence-electron chi connectivity index (χ0n) is 12.2. The molecule has 0 aromatic carbocycles. The molecule has 0 fully saturated rings. The Morgan fingerprint density at radius 3 is 2.47 bits per heavy atom. The molecule has 0 amide bonds. The van der Waals surface area contributed by atoms with Crippen LogP contribution in [0.5, 0.6) is 0 Å². The summed E-state index contributed by atoms with van der Waals surface area (Å²) in [5.74, 6) is 0. The molecule has 2 heteroatoms. The molecule has 0 aliphatic heterocycles. The van der Waals surface area contributed by atoms with Crippen molar-refractivity contribution in [3.05, 3.63) is 11.6 Å². The summed E-state index contributed by atoms with van der Waals surface area (Å²) in [7, 11) is 2.05. The zero-order chi connectivity index (χ0) is 12.9. The molecule has 1 N–H and O–H groups in total. The van der Waals surface area contributed by atoms with E-state index in [1.54, 1.807) is 5.57 Å². The van der Waals surface area contributed by atoms with Crippen molar-refractivity contribution in [3.8, 4) is 0 Å². The maximum absolute atomic E-state index is 6.01. The molecule has 0 saturated carbocycles. The van der Waals surface area contributed by atoms with Gasteiger partial charge in [0.25, 0.3) is 0 Å². The molecule has 1 aliphatic rings. The van der Waals surface area contributed by atoms with E-state index in [2.05, 4.69) is 46.1 Å². The lowest BCUT2D eigenvalue weighted by Crippen LogP contribution is -2.48. The van der Waals surface area contributed by atoms with Gasteiger partial charge in [0.15, 0.2) is 0 Å². The molecule has 0 radical (unpaired) electrons. The smallest absolute Gasteiger partial charge is 0.0814 e. The third kappa shape index (κ3) is 4.11. The van der Waals surface area contributed by atoms with Gasteiger partial charge in [0, 0.05) is 6.61 Å². The second kappa shape index (κ2) is 6.55. The highest BCUT2D eigenvalue weighted by atomic mass is 16.5. The van der Waals surface area contributed by atoms with E-state index in [9.17, 15) is 0 Å². The Kier molecular flexibility index (Phi) is 5.68. The van der Waals surface area contributed by atoms with Gasteiger partial charge in [-0.25, -0.2) is 0 Å². The molecular weight excluding hydrogens is 210 g/mol. The van der Waals surface area contributed by atoms with Gasteiger partial charge in [-0.2, -0.15) is 0 Å². The van der Waals surface area contributed by atoms with E-state index in [1.165, 1.54) is 25.7 Å². The number of hydrogen-bond donors (Lipinski definition) is 1. The normalized spacial score (nSPS) is 20.9. The van der Waals surface area contributed by atoms with Crippen LogP contribution in [0.25, 0.3) is 0 Å².